The van der Waals surface area contributed by atoms with Crippen molar-refractivity contribution in [1.29, 1.82) is 0 Å². The topological polar surface area (TPSA) is 70.8 Å². The van der Waals surface area contributed by atoms with E-state index in [0.29, 0.717) is 34.2 Å². The Morgan fingerprint density at radius 1 is 1.27 bits per heavy atom. The summed E-state index contributed by atoms with van der Waals surface area (Å²) in [6, 6.07) is 6.10. The Morgan fingerprint density at radius 3 is 2.80 bits per heavy atom. The van der Waals surface area contributed by atoms with Gasteiger partial charge in [-0.1, -0.05) is 30.4 Å². The van der Waals surface area contributed by atoms with E-state index >= 15 is 0 Å². The zero-order chi connectivity index (χ0) is 21.4. The summed E-state index contributed by atoms with van der Waals surface area (Å²) in [5.41, 5.74) is 0.116. The van der Waals surface area contributed by atoms with Crippen LogP contribution in [0.4, 0.5) is 8.78 Å². The molecule has 0 radical (unpaired) electrons. The third-order valence-electron chi connectivity index (χ3n) is 5.28. The number of thiocarbonyl (C=S) groups is 1. The lowest BCUT2D eigenvalue weighted by Gasteiger charge is -2.32. The standard InChI is InChI=1S/C21H17F2NO4S2/c22-12-4-6-15(16(23)9-12)17-7-5-14(28-17)10-18-19(25)24(21(29)30-18)13-3-1-2-11(8-13)20(26)27/h4-7,9-11,13H,1-3,8H2,(H,26,27)/b18-10+. The predicted molar refractivity (Wildman–Crippen MR) is 112 cm³/mol. The van der Waals surface area contributed by atoms with E-state index < -0.39 is 23.5 Å². The van der Waals surface area contributed by atoms with E-state index in [1.807, 2.05) is 0 Å². The Hall–Kier alpha value is -2.52. The van der Waals surface area contributed by atoms with Crippen molar-refractivity contribution in [2.75, 3.05) is 0 Å². The molecule has 1 aliphatic heterocycles. The van der Waals surface area contributed by atoms with Crippen molar-refractivity contribution in [3.05, 3.63) is 52.6 Å². The Bertz CT molecular complexity index is 1070. The number of benzene rings is 1. The van der Waals surface area contributed by atoms with Gasteiger partial charge in [0.1, 0.15) is 27.5 Å². The maximum atomic E-state index is 14.0. The van der Waals surface area contributed by atoms with Crippen molar-refractivity contribution >= 4 is 46.3 Å². The monoisotopic (exact) mass is 449 g/mol. The number of hydrogen-bond donors (Lipinski definition) is 1. The number of nitrogens with zero attached hydrogens (tertiary/aromatic N) is 1. The molecule has 2 aromatic rings. The molecule has 1 aliphatic carbocycles. The van der Waals surface area contributed by atoms with Crippen LogP contribution in [0.15, 0.2) is 39.7 Å². The highest BCUT2D eigenvalue weighted by Gasteiger charge is 2.40. The second-order valence-electron chi connectivity index (χ2n) is 7.23. The van der Waals surface area contributed by atoms with E-state index in [4.69, 9.17) is 16.6 Å². The van der Waals surface area contributed by atoms with Gasteiger partial charge in [-0.15, -0.1) is 0 Å². The smallest absolute Gasteiger partial charge is 0.306 e. The molecule has 1 amide bonds. The van der Waals surface area contributed by atoms with Gasteiger partial charge in [0, 0.05) is 18.2 Å². The van der Waals surface area contributed by atoms with Gasteiger partial charge in [0.2, 0.25) is 0 Å². The average molecular weight is 450 g/mol. The van der Waals surface area contributed by atoms with E-state index in [2.05, 4.69) is 0 Å². The molecule has 9 heteroatoms. The van der Waals surface area contributed by atoms with E-state index in [1.165, 1.54) is 17.0 Å². The Morgan fingerprint density at radius 2 is 2.07 bits per heavy atom. The molecular weight excluding hydrogens is 432 g/mol. The molecule has 2 aliphatic rings. The zero-order valence-electron chi connectivity index (χ0n) is 15.6. The number of aliphatic carboxylic acids is 1. The fourth-order valence-corrected chi connectivity index (χ4v) is 5.19. The van der Waals surface area contributed by atoms with Gasteiger partial charge >= 0.3 is 5.97 Å². The van der Waals surface area contributed by atoms with Gasteiger partial charge in [-0.25, -0.2) is 8.78 Å². The van der Waals surface area contributed by atoms with Crippen LogP contribution in [0, 0.1) is 17.6 Å². The summed E-state index contributed by atoms with van der Waals surface area (Å²) in [7, 11) is 0. The number of carbonyl (C=O) groups excluding carboxylic acids is 1. The maximum absolute atomic E-state index is 14.0. The first kappa shape index (κ1) is 20.7. The third-order valence-corrected chi connectivity index (χ3v) is 6.61. The summed E-state index contributed by atoms with van der Waals surface area (Å²) in [5, 5.41) is 9.30. The largest absolute Gasteiger partial charge is 0.481 e. The van der Waals surface area contributed by atoms with E-state index in [0.717, 1.165) is 30.3 Å². The molecule has 4 rings (SSSR count). The van der Waals surface area contributed by atoms with Crippen LogP contribution >= 0.6 is 24.0 Å². The highest BCUT2D eigenvalue weighted by Crippen LogP contribution is 2.39. The first-order valence-electron chi connectivity index (χ1n) is 9.38. The van der Waals surface area contributed by atoms with Crippen LogP contribution in [-0.2, 0) is 9.59 Å². The minimum absolute atomic E-state index is 0.116. The van der Waals surface area contributed by atoms with Gasteiger partial charge in [0.25, 0.3) is 5.91 Å². The van der Waals surface area contributed by atoms with Crippen molar-refractivity contribution < 1.29 is 27.9 Å². The van der Waals surface area contributed by atoms with Crippen molar-refractivity contribution in [2.24, 2.45) is 5.92 Å². The fraction of sp³-hybridized carbons (Fsp3) is 0.286. The molecule has 2 atom stereocenters. The van der Waals surface area contributed by atoms with E-state index in [-0.39, 0.29) is 23.3 Å². The van der Waals surface area contributed by atoms with Gasteiger partial charge in [0.15, 0.2) is 0 Å². The lowest BCUT2D eigenvalue weighted by atomic mass is 9.85. The molecule has 2 unspecified atom stereocenters. The summed E-state index contributed by atoms with van der Waals surface area (Å²) in [5.74, 6) is -2.49. The lowest BCUT2D eigenvalue weighted by Crippen LogP contribution is -2.42. The number of halogens is 2. The number of hydrogen-bond acceptors (Lipinski definition) is 5. The fourth-order valence-electron chi connectivity index (χ4n) is 3.81. The lowest BCUT2D eigenvalue weighted by molar-refractivity contribution is -0.144. The number of carboxylic acids is 1. The van der Waals surface area contributed by atoms with Crippen molar-refractivity contribution in [1.82, 2.24) is 4.90 Å². The number of carbonyl (C=O) groups is 2. The zero-order valence-corrected chi connectivity index (χ0v) is 17.3. The molecule has 156 valence electrons. The van der Waals surface area contributed by atoms with Gasteiger partial charge < -0.3 is 9.52 Å². The molecule has 1 N–H and O–H groups in total. The minimum atomic E-state index is -0.850. The molecule has 0 bridgehead atoms. The summed E-state index contributed by atoms with van der Waals surface area (Å²) in [4.78, 5) is 26.1. The Balaban J connectivity index is 1.54. The molecule has 2 heterocycles. The highest BCUT2D eigenvalue weighted by atomic mass is 32.2. The first-order valence-corrected chi connectivity index (χ1v) is 10.6. The SMILES string of the molecule is O=C(O)C1CCCC(N2C(=O)/C(=C\c3ccc(-c4ccc(F)cc4F)o3)SC2=S)C1. The summed E-state index contributed by atoms with van der Waals surface area (Å²) in [6.07, 6.45) is 3.94. The molecule has 2 fully saturated rings. The number of amides is 1. The Labute approximate surface area is 180 Å². The van der Waals surface area contributed by atoms with Crippen LogP contribution in [0.25, 0.3) is 17.4 Å². The summed E-state index contributed by atoms with van der Waals surface area (Å²) >= 11 is 6.50. The maximum Gasteiger partial charge on any atom is 0.306 e. The third kappa shape index (κ3) is 4.04. The average Bonchev–Trinajstić information content (AvgIpc) is 3.26. The quantitative estimate of drug-likeness (QED) is 0.519. The molecule has 1 saturated heterocycles. The molecule has 0 spiro atoms. The van der Waals surface area contributed by atoms with Crippen molar-refractivity contribution in [2.45, 2.75) is 31.7 Å². The van der Waals surface area contributed by atoms with Gasteiger partial charge in [0.05, 0.1) is 16.4 Å². The second kappa shape index (κ2) is 8.31. The van der Waals surface area contributed by atoms with Gasteiger partial charge in [-0.3, -0.25) is 14.5 Å². The minimum Gasteiger partial charge on any atom is -0.481 e. The number of furan rings is 1. The molecule has 5 nitrogen and oxygen atoms in total. The van der Waals surface area contributed by atoms with E-state index in [9.17, 15) is 23.5 Å². The molecule has 1 saturated carbocycles. The van der Waals surface area contributed by atoms with Crippen LogP contribution in [0.1, 0.15) is 31.4 Å². The first-order chi connectivity index (χ1) is 14.3. The molecular formula is C21H17F2NO4S2. The number of thioether (sulfide) groups is 1. The Kier molecular flexibility index (Phi) is 5.75. The van der Waals surface area contributed by atoms with Gasteiger partial charge in [-0.05, 0) is 43.5 Å². The summed E-state index contributed by atoms with van der Waals surface area (Å²) < 4.78 is 33.1. The van der Waals surface area contributed by atoms with Crippen molar-refractivity contribution in [3.8, 4) is 11.3 Å². The molecule has 1 aromatic heterocycles. The van der Waals surface area contributed by atoms with Crippen LogP contribution in [0.2, 0.25) is 0 Å². The van der Waals surface area contributed by atoms with Crippen LogP contribution in [0.5, 0.6) is 0 Å². The van der Waals surface area contributed by atoms with Gasteiger partial charge in [-0.2, -0.15) is 0 Å². The highest BCUT2D eigenvalue weighted by molar-refractivity contribution is 8.26. The van der Waals surface area contributed by atoms with Crippen LogP contribution < -0.4 is 0 Å². The normalized spacial score (nSPS) is 23.4. The molecule has 1 aromatic carbocycles. The van der Waals surface area contributed by atoms with E-state index in [1.54, 1.807) is 12.1 Å². The predicted octanol–water partition coefficient (Wildman–Crippen LogP) is 5.07. The second-order valence-corrected chi connectivity index (χ2v) is 8.91. The summed E-state index contributed by atoms with van der Waals surface area (Å²) in [6.45, 7) is 0. The number of carboxylic acid groups (broad SMARTS) is 1. The van der Waals surface area contributed by atoms with Crippen LogP contribution in [-0.4, -0.2) is 32.2 Å². The van der Waals surface area contributed by atoms with Crippen LogP contribution in [0.3, 0.4) is 0 Å². The number of rotatable bonds is 4. The van der Waals surface area contributed by atoms with Crippen molar-refractivity contribution in [3.63, 3.8) is 0 Å². The molecule has 30 heavy (non-hydrogen) atoms.